The topological polar surface area (TPSA) is 38.9 Å². The summed E-state index contributed by atoms with van der Waals surface area (Å²) >= 11 is 7.61. The second-order valence-corrected chi connectivity index (χ2v) is 6.42. The Bertz CT molecular complexity index is 673. The molecule has 0 fully saturated rings. The standard InChI is InChI=1S/C16H15ClN2S/c17-12-7-5-11(6-8-12)9-13(18)10-16-19-14-3-1-2-4-15(14)20-16/h1-8,13H,9-10,18H2. The third-order valence-electron chi connectivity index (χ3n) is 3.19. The Labute approximate surface area is 127 Å². The Hall–Kier alpha value is -1.42. The average molecular weight is 303 g/mol. The van der Waals surface area contributed by atoms with Crippen molar-refractivity contribution >= 4 is 33.2 Å². The molecule has 0 saturated heterocycles. The second-order valence-electron chi connectivity index (χ2n) is 4.87. The minimum Gasteiger partial charge on any atom is -0.327 e. The summed E-state index contributed by atoms with van der Waals surface area (Å²) in [5, 5.41) is 1.86. The predicted molar refractivity (Wildman–Crippen MR) is 86.5 cm³/mol. The van der Waals surface area contributed by atoms with Crippen LogP contribution in [0.2, 0.25) is 5.02 Å². The van der Waals surface area contributed by atoms with Crippen LogP contribution in [0.5, 0.6) is 0 Å². The van der Waals surface area contributed by atoms with Crippen molar-refractivity contribution in [3.63, 3.8) is 0 Å². The van der Waals surface area contributed by atoms with Gasteiger partial charge in [-0.25, -0.2) is 4.98 Å². The lowest BCUT2D eigenvalue weighted by molar-refractivity contribution is 0.663. The maximum Gasteiger partial charge on any atom is 0.0954 e. The van der Waals surface area contributed by atoms with Crippen LogP contribution in [0.3, 0.4) is 0 Å². The molecule has 3 aromatic rings. The summed E-state index contributed by atoms with van der Waals surface area (Å²) in [5.74, 6) is 0. The lowest BCUT2D eigenvalue weighted by Gasteiger charge is -2.09. The number of rotatable bonds is 4. The highest BCUT2D eigenvalue weighted by molar-refractivity contribution is 7.18. The van der Waals surface area contributed by atoms with E-state index in [9.17, 15) is 0 Å². The normalized spacial score (nSPS) is 12.7. The molecular weight excluding hydrogens is 288 g/mol. The van der Waals surface area contributed by atoms with Crippen LogP contribution in [-0.4, -0.2) is 11.0 Å². The van der Waals surface area contributed by atoms with Gasteiger partial charge in [-0.05, 0) is 36.2 Å². The van der Waals surface area contributed by atoms with Crippen LogP contribution in [0.25, 0.3) is 10.2 Å². The molecule has 0 aliphatic carbocycles. The van der Waals surface area contributed by atoms with E-state index < -0.39 is 0 Å². The summed E-state index contributed by atoms with van der Waals surface area (Å²) in [6, 6.07) is 16.1. The molecule has 0 saturated carbocycles. The Morgan fingerprint density at radius 1 is 1.05 bits per heavy atom. The van der Waals surface area contributed by atoms with E-state index >= 15 is 0 Å². The molecule has 3 rings (SSSR count). The molecule has 2 aromatic carbocycles. The van der Waals surface area contributed by atoms with Crippen molar-refractivity contribution in [1.82, 2.24) is 4.98 Å². The van der Waals surface area contributed by atoms with Gasteiger partial charge in [-0.3, -0.25) is 0 Å². The quantitative estimate of drug-likeness (QED) is 0.789. The molecule has 1 heterocycles. The van der Waals surface area contributed by atoms with E-state index in [1.165, 1.54) is 10.3 Å². The monoisotopic (exact) mass is 302 g/mol. The number of thiazole rings is 1. The van der Waals surface area contributed by atoms with Crippen molar-refractivity contribution in [3.05, 3.63) is 64.1 Å². The number of halogens is 1. The van der Waals surface area contributed by atoms with Gasteiger partial charge in [0, 0.05) is 17.5 Å². The Morgan fingerprint density at radius 2 is 1.80 bits per heavy atom. The van der Waals surface area contributed by atoms with Crippen LogP contribution < -0.4 is 5.73 Å². The van der Waals surface area contributed by atoms with E-state index in [4.69, 9.17) is 17.3 Å². The fraction of sp³-hybridized carbons (Fsp3) is 0.188. The molecule has 1 atom stereocenters. The van der Waals surface area contributed by atoms with Crippen LogP contribution in [-0.2, 0) is 12.8 Å². The largest absolute Gasteiger partial charge is 0.327 e. The molecule has 0 aliphatic heterocycles. The van der Waals surface area contributed by atoms with Crippen LogP contribution in [0.15, 0.2) is 48.5 Å². The first kappa shape index (κ1) is 13.6. The SMILES string of the molecule is NC(Cc1ccc(Cl)cc1)Cc1nc2ccccc2s1. The van der Waals surface area contributed by atoms with Crippen molar-refractivity contribution in [2.45, 2.75) is 18.9 Å². The summed E-state index contributed by atoms with van der Waals surface area (Å²) in [4.78, 5) is 4.63. The third kappa shape index (κ3) is 3.18. The summed E-state index contributed by atoms with van der Waals surface area (Å²) in [7, 11) is 0. The highest BCUT2D eigenvalue weighted by Gasteiger charge is 2.09. The average Bonchev–Trinajstić information content (AvgIpc) is 2.83. The number of hydrogen-bond acceptors (Lipinski definition) is 3. The molecule has 0 amide bonds. The third-order valence-corrected chi connectivity index (χ3v) is 4.50. The van der Waals surface area contributed by atoms with Gasteiger partial charge in [-0.15, -0.1) is 11.3 Å². The van der Waals surface area contributed by atoms with Crippen LogP contribution >= 0.6 is 22.9 Å². The molecule has 20 heavy (non-hydrogen) atoms. The highest BCUT2D eigenvalue weighted by Crippen LogP contribution is 2.22. The fourth-order valence-corrected chi connectivity index (χ4v) is 3.41. The summed E-state index contributed by atoms with van der Waals surface area (Å²) in [6.45, 7) is 0. The number of aromatic nitrogens is 1. The molecule has 0 bridgehead atoms. The summed E-state index contributed by atoms with van der Waals surface area (Å²) in [6.07, 6.45) is 1.65. The first-order valence-electron chi connectivity index (χ1n) is 6.55. The second kappa shape index (κ2) is 5.92. The zero-order chi connectivity index (χ0) is 13.9. The van der Waals surface area contributed by atoms with Gasteiger partial charge >= 0.3 is 0 Å². The Kier molecular flexibility index (Phi) is 4.01. The zero-order valence-electron chi connectivity index (χ0n) is 10.9. The van der Waals surface area contributed by atoms with Crippen molar-refractivity contribution in [2.75, 3.05) is 0 Å². The van der Waals surface area contributed by atoms with Crippen LogP contribution in [0.1, 0.15) is 10.6 Å². The highest BCUT2D eigenvalue weighted by atomic mass is 35.5. The number of hydrogen-bond donors (Lipinski definition) is 1. The number of fused-ring (bicyclic) bond motifs is 1. The number of benzene rings is 2. The molecule has 102 valence electrons. The smallest absolute Gasteiger partial charge is 0.0954 e. The van der Waals surface area contributed by atoms with Gasteiger partial charge in [-0.1, -0.05) is 35.9 Å². The Morgan fingerprint density at radius 3 is 2.55 bits per heavy atom. The van der Waals surface area contributed by atoms with E-state index in [-0.39, 0.29) is 6.04 Å². The molecule has 2 N–H and O–H groups in total. The molecule has 0 spiro atoms. The molecule has 1 unspecified atom stereocenters. The Balaban J connectivity index is 1.69. The van der Waals surface area contributed by atoms with E-state index in [0.29, 0.717) is 0 Å². The first-order chi connectivity index (χ1) is 9.70. The van der Waals surface area contributed by atoms with Gasteiger partial charge in [0.25, 0.3) is 0 Å². The number of nitrogens with two attached hydrogens (primary N) is 1. The van der Waals surface area contributed by atoms with Gasteiger partial charge in [0.2, 0.25) is 0 Å². The van der Waals surface area contributed by atoms with E-state index in [1.54, 1.807) is 11.3 Å². The molecule has 1 aromatic heterocycles. The minimum absolute atomic E-state index is 0.0803. The number of para-hydroxylation sites is 1. The van der Waals surface area contributed by atoms with Gasteiger partial charge in [0.05, 0.1) is 15.2 Å². The molecule has 2 nitrogen and oxygen atoms in total. The van der Waals surface area contributed by atoms with E-state index in [2.05, 4.69) is 11.1 Å². The number of nitrogens with zero attached hydrogens (tertiary/aromatic N) is 1. The summed E-state index contributed by atoms with van der Waals surface area (Å²) < 4.78 is 1.22. The van der Waals surface area contributed by atoms with E-state index in [1.807, 2.05) is 42.5 Å². The van der Waals surface area contributed by atoms with Gasteiger partial charge in [0.1, 0.15) is 0 Å². The van der Waals surface area contributed by atoms with Crippen molar-refractivity contribution in [3.8, 4) is 0 Å². The molecule has 0 radical (unpaired) electrons. The lowest BCUT2D eigenvalue weighted by atomic mass is 10.0. The fourth-order valence-electron chi connectivity index (χ4n) is 2.23. The maximum absolute atomic E-state index is 6.23. The van der Waals surface area contributed by atoms with E-state index in [0.717, 1.165) is 28.4 Å². The van der Waals surface area contributed by atoms with Crippen LogP contribution in [0, 0.1) is 0 Å². The minimum atomic E-state index is 0.0803. The van der Waals surface area contributed by atoms with Crippen LogP contribution in [0.4, 0.5) is 0 Å². The molecular formula is C16H15ClN2S. The lowest BCUT2D eigenvalue weighted by Crippen LogP contribution is -2.25. The van der Waals surface area contributed by atoms with Gasteiger partial charge < -0.3 is 5.73 Å². The van der Waals surface area contributed by atoms with Crippen molar-refractivity contribution in [2.24, 2.45) is 5.73 Å². The first-order valence-corrected chi connectivity index (χ1v) is 7.74. The molecule has 0 aliphatic rings. The van der Waals surface area contributed by atoms with Gasteiger partial charge in [0.15, 0.2) is 0 Å². The van der Waals surface area contributed by atoms with Crippen molar-refractivity contribution < 1.29 is 0 Å². The van der Waals surface area contributed by atoms with Crippen molar-refractivity contribution in [1.29, 1.82) is 0 Å². The van der Waals surface area contributed by atoms with Gasteiger partial charge in [-0.2, -0.15) is 0 Å². The predicted octanol–water partition coefficient (Wildman–Crippen LogP) is 4.06. The summed E-state index contributed by atoms with van der Waals surface area (Å²) in [5.41, 5.74) is 8.50. The maximum atomic E-state index is 6.23. The zero-order valence-corrected chi connectivity index (χ0v) is 12.5. The molecule has 4 heteroatoms.